The lowest BCUT2D eigenvalue weighted by Crippen LogP contribution is -2.48. The van der Waals surface area contributed by atoms with Crippen molar-refractivity contribution in [3.8, 4) is 0 Å². The maximum atomic E-state index is 6.26. The molecule has 0 saturated carbocycles. The monoisotopic (exact) mass is 518 g/mol. The van der Waals surface area contributed by atoms with Crippen LogP contribution < -0.4 is 10.6 Å². The molecule has 0 radical (unpaired) electrons. The first kappa shape index (κ1) is 22.9. The Morgan fingerprint density at radius 3 is 2.75 bits per heavy atom. The number of ether oxygens (including phenoxy) is 1. The summed E-state index contributed by atoms with van der Waals surface area (Å²) in [5, 5.41) is 11.7. The second kappa shape index (κ2) is 11.0. The van der Waals surface area contributed by atoms with E-state index in [4.69, 9.17) is 16.3 Å². The highest BCUT2D eigenvalue weighted by atomic mass is 127. The Hall–Kier alpha value is -1.39. The third kappa shape index (κ3) is 5.81. The van der Waals surface area contributed by atoms with Crippen LogP contribution in [0, 0.1) is 0 Å². The molecule has 2 heterocycles. The number of guanidine groups is 1. The van der Waals surface area contributed by atoms with Gasteiger partial charge in [0.25, 0.3) is 0 Å². The SMILES string of the molecule is CCNC(=NCc1ncnn1C)NCC1(c2cccc(Cl)c2)CCOCC1.I. The molecule has 1 aliphatic heterocycles. The highest BCUT2D eigenvalue weighted by Gasteiger charge is 2.34. The van der Waals surface area contributed by atoms with Crippen molar-refractivity contribution < 1.29 is 4.74 Å². The summed E-state index contributed by atoms with van der Waals surface area (Å²) in [6, 6.07) is 8.15. The van der Waals surface area contributed by atoms with Gasteiger partial charge in [0.1, 0.15) is 18.7 Å². The van der Waals surface area contributed by atoms with Gasteiger partial charge in [-0.1, -0.05) is 23.7 Å². The fraction of sp³-hybridized carbons (Fsp3) is 0.526. The first-order chi connectivity index (χ1) is 13.1. The van der Waals surface area contributed by atoms with Crippen molar-refractivity contribution in [3.63, 3.8) is 0 Å². The number of benzene rings is 1. The summed E-state index contributed by atoms with van der Waals surface area (Å²) >= 11 is 6.26. The Morgan fingerprint density at radius 1 is 1.32 bits per heavy atom. The molecule has 2 N–H and O–H groups in total. The van der Waals surface area contributed by atoms with E-state index in [9.17, 15) is 0 Å². The van der Waals surface area contributed by atoms with Gasteiger partial charge < -0.3 is 15.4 Å². The zero-order chi connectivity index (χ0) is 19.1. The molecule has 1 aromatic heterocycles. The fourth-order valence-electron chi connectivity index (χ4n) is 3.36. The van der Waals surface area contributed by atoms with E-state index in [0.29, 0.717) is 6.54 Å². The highest BCUT2D eigenvalue weighted by molar-refractivity contribution is 14.0. The number of rotatable bonds is 6. The van der Waals surface area contributed by atoms with E-state index >= 15 is 0 Å². The molecule has 0 amide bonds. The van der Waals surface area contributed by atoms with Crippen molar-refractivity contribution in [2.24, 2.45) is 12.0 Å². The Morgan fingerprint density at radius 2 is 2.11 bits per heavy atom. The first-order valence-corrected chi connectivity index (χ1v) is 9.69. The number of nitrogens with one attached hydrogen (secondary N) is 2. The average molecular weight is 519 g/mol. The van der Waals surface area contributed by atoms with E-state index in [-0.39, 0.29) is 29.4 Å². The fourth-order valence-corrected chi connectivity index (χ4v) is 3.55. The van der Waals surface area contributed by atoms with Crippen molar-refractivity contribution in [2.75, 3.05) is 26.3 Å². The second-order valence-electron chi connectivity index (χ2n) is 6.75. The van der Waals surface area contributed by atoms with Gasteiger partial charge in [-0.25, -0.2) is 9.98 Å². The van der Waals surface area contributed by atoms with E-state index < -0.39 is 0 Å². The third-order valence-electron chi connectivity index (χ3n) is 5.01. The molecule has 1 aliphatic rings. The van der Waals surface area contributed by atoms with Crippen LogP contribution in [0.4, 0.5) is 0 Å². The van der Waals surface area contributed by atoms with Gasteiger partial charge in [-0.05, 0) is 37.5 Å². The lowest BCUT2D eigenvalue weighted by atomic mass is 9.74. The number of aryl methyl sites for hydroxylation is 1. The molecule has 0 spiro atoms. The van der Waals surface area contributed by atoms with Crippen LogP contribution in [0.15, 0.2) is 35.6 Å². The van der Waals surface area contributed by atoms with Gasteiger partial charge >= 0.3 is 0 Å². The molecule has 154 valence electrons. The lowest BCUT2D eigenvalue weighted by molar-refractivity contribution is 0.0514. The predicted octanol–water partition coefficient (Wildman–Crippen LogP) is 2.89. The molecule has 0 bridgehead atoms. The molecule has 2 aromatic rings. The molecule has 9 heteroatoms. The van der Waals surface area contributed by atoms with Crippen LogP contribution in [0.25, 0.3) is 0 Å². The van der Waals surface area contributed by atoms with Crippen LogP contribution in [0.1, 0.15) is 31.2 Å². The summed E-state index contributed by atoms with van der Waals surface area (Å²) in [5.41, 5.74) is 1.22. The first-order valence-electron chi connectivity index (χ1n) is 9.32. The summed E-state index contributed by atoms with van der Waals surface area (Å²) in [7, 11) is 1.87. The number of aromatic nitrogens is 3. The van der Waals surface area contributed by atoms with E-state index in [1.165, 1.54) is 5.56 Å². The van der Waals surface area contributed by atoms with Crippen LogP contribution in [-0.4, -0.2) is 47.0 Å². The average Bonchev–Trinajstić information content (AvgIpc) is 3.09. The molecule has 1 aromatic carbocycles. The van der Waals surface area contributed by atoms with Gasteiger partial charge in [0, 0.05) is 43.8 Å². The molecular formula is C19H28ClIN6O. The lowest BCUT2D eigenvalue weighted by Gasteiger charge is -2.38. The van der Waals surface area contributed by atoms with Gasteiger partial charge in [-0.2, -0.15) is 5.10 Å². The third-order valence-corrected chi connectivity index (χ3v) is 5.24. The summed E-state index contributed by atoms with van der Waals surface area (Å²) < 4.78 is 7.35. The van der Waals surface area contributed by atoms with Crippen molar-refractivity contribution in [2.45, 2.75) is 31.7 Å². The molecule has 7 nitrogen and oxygen atoms in total. The summed E-state index contributed by atoms with van der Waals surface area (Å²) in [4.78, 5) is 8.88. The van der Waals surface area contributed by atoms with Gasteiger partial charge in [0.05, 0.1) is 0 Å². The number of nitrogens with zero attached hydrogens (tertiary/aromatic N) is 4. The minimum atomic E-state index is -0.0237. The van der Waals surface area contributed by atoms with Gasteiger partial charge in [-0.3, -0.25) is 4.68 Å². The Labute approximate surface area is 188 Å². The Bertz CT molecular complexity index is 775. The summed E-state index contributed by atoms with van der Waals surface area (Å²) in [5.74, 6) is 1.59. The van der Waals surface area contributed by atoms with Crippen LogP contribution in [0.3, 0.4) is 0 Å². The summed E-state index contributed by atoms with van der Waals surface area (Å²) in [6.07, 6.45) is 3.44. The Balaban J connectivity index is 0.00000280. The Kier molecular flexibility index (Phi) is 8.97. The molecule has 3 rings (SSSR count). The number of halogens is 2. The van der Waals surface area contributed by atoms with E-state index in [0.717, 1.165) is 56.0 Å². The molecule has 0 unspecified atom stereocenters. The van der Waals surface area contributed by atoms with Crippen LogP contribution in [-0.2, 0) is 23.7 Å². The smallest absolute Gasteiger partial charge is 0.191 e. The van der Waals surface area contributed by atoms with E-state index in [2.05, 4.69) is 44.8 Å². The molecule has 0 atom stereocenters. The van der Waals surface area contributed by atoms with Crippen LogP contribution >= 0.6 is 35.6 Å². The second-order valence-corrected chi connectivity index (χ2v) is 7.19. The minimum absolute atomic E-state index is 0. The van der Waals surface area contributed by atoms with Gasteiger partial charge in [-0.15, -0.1) is 24.0 Å². The summed E-state index contributed by atoms with van der Waals surface area (Å²) in [6.45, 7) is 5.58. The van der Waals surface area contributed by atoms with E-state index in [1.54, 1.807) is 11.0 Å². The number of aliphatic imine (C=N–C) groups is 1. The van der Waals surface area contributed by atoms with E-state index in [1.807, 2.05) is 19.2 Å². The molecule has 1 saturated heterocycles. The predicted molar refractivity (Wildman–Crippen MR) is 122 cm³/mol. The number of hydrogen-bond donors (Lipinski definition) is 2. The maximum Gasteiger partial charge on any atom is 0.191 e. The zero-order valence-electron chi connectivity index (χ0n) is 16.3. The molecule has 1 fully saturated rings. The zero-order valence-corrected chi connectivity index (χ0v) is 19.4. The van der Waals surface area contributed by atoms with Crippen molar-refractivity contribution in [3.05, 3.63) is 47.0 Å². The largest absolute Gasteiger partial charge is 0.381 e. The minimum Gasteiger partial charge on any atom is -0.381 e. The highest BCUT2D eigenvalue weighted by Crippen LogP contribution is 2.35. The maximum absolute atomic E-state index is 6.26. The van der Waals surface area contributed by atoms with Crippen molar-refractivity contribution in [1.29, 1.82) is 0 Å². The molecular weight excluding hydrogens is 491 g/mol. The number of hydrogen-bond acceptors (Lipinski definition) is 4. The molecule has 28 heavy (non-hydrogen) atoms. The van der Waals surface area contributed by atoms with Crippen LogP contribution in [0.2, 0.25) is 5.02 Å². The standard InChI is InChI=1S/C19H27ClN6O.HI/c1-3-21-18(22-12-17-24-14-25-26(17)2)23-13-19(7-9-27-10-8-19)15-5-4-6-16(20)11-15;/h4-6,11,14H,3,7-10,12-13H2,1-2H3,(H2,21,22,23);1H. The van der Waals surface area contributed by atoms with Gasteiger partial charge in [0.15, 0.2) is 5.96 Å². The van der Waals surface area contributed by atoms with Crippen LogP contribution in [0.5, 0.6) is 0 Å². The van der Waals surface area contributed by atoms with Crippen molar-refractivity contribution in [1.82, 2.24) is 25.4 Å². The quantitative estimate of drug-likeness (QED) is 0.349. The topological polar surface area (TPSA) is 76.4 Å². The van der Waals surface area contributed by atoms with Gasteiger partial charge in [0.2, 0.25) is 0 Å². The molecule has 0 aliphatic carbocycles. The normalized spacial score (nSPS) is 16.3. The van der Waals surface area contributed by atoms with Crippen molar-refractivity contribution >= 4 is 41.5 Å².